The quantitative estimate of drug-likeness (QED) is 0.416. The Kier molecular flexibility index (Phi) is 5.97. The van der Waals surface area contributed by atoms with E-state index < -0.39 is 0 Å². The summed E-state index contributed by atoms with van der Waals surface area (Å²) in [6, 6.07) is 0. The van der Waals surface area contributed by atoms with Gasteiger partial charge in [0.05, 0.1) is 5.60 Å². The van der Waals surface area contributed by atoms with E-state index in [4.69, 9.17) is 10.6 Å². The largest absolute Gasteiger partial charge is 0.376 e. The molecule has 96 valence electrons. The van der Waals surface area contributed by atoms with Crippen molar-refractivity contribution in [2.45, 2.75) is 59.5 Å². The maximum Gasteiger partial charge on any atom is 0.233 e. The van der Waals surface area contributed by atoms with Gasteiger partial charge >= 0.3 is 0 Å². The van der Waals surface area contributed by atoms with Crippen LogP contribution in [0.2, 0.25) is 0 Å². The molecule has 4 heteroatoms. The monoisotopic (exact) mass is 230 g/mol. The van der Waals surface area contributed by atoms with E-state index in [1.54, 1.807) is 0 Å². The Morgan fingerprint density at radius 2 is 1.75 bits per heavy atom. The van der Waals surface area contributed by atoms with E-state index in [9.17, 15) is 4.79 Å². The zero-order valence-corrected chi connectivity index (χ0v) is 11.2. The molecule has 0 spiro atoms. The van der Waals surface area contributed by atoms with Gasteiger partial charge in [0.1, 0.15) is 0 Å². The van der Waals surface area contributed by atoms with Crippen molar-refractivity contribution in [3.63, 3.8) is 0 Å². The van der Waals surface area contributed by atoms with E-state index in [1.165, 1.54) is 0 Å². The summed E-state index contributed by atoms with van der Waals surface area (Å²) in [4.78, 5) is 11.0. The number of amides is 1. The minimum atomic E-state index is -0.266. The van der Waals surface area contributed by atoms with Crippen molar-refractivity contribution in [3.05, 3.63) is 0 Å². The Hall–Kier alpha value is -0.610. The van der Waals surface area contributed by atoms with E-state index in [-0.39, 0.29) is 16.9 Å². The van der Waals surface area contributed by atoms with Crippen LogP contribution in [0.4, 0.5) is 0 Å². The molecule has 0 fully saturated rings. The molecule has 0 saturated carbocycles. The maximum absolute atomic E-state index is 11.0. The number of ether oxygens (including phenoxy) is 1. The fourth-order valence-electron chi connectivity index (χ4n) is 1.19. The van der Waals surface area contributed by atoms with Crippen molar-refractivity contribution < 1.29 is 9.53 Å². The number of hydrogen-bond acceptors (Lipinski definition) is 3. The highest BCUT2D eigenvalue weighted by Crippen LogP contribution is 2.22. The molecule has 0 radical (unpaired) electrons. The minimum absolute atomic E-state index is 0.146. The Morgan fingerprint density at radius 1 is 1.19 bits per heavy atom. The lowest BCUT2D eigenvalue weighted by atomic mass is 9.93. The van der Waals surface area contributed by atoms with Crippen molar-refractivity contribution in [2.24, 2.45) is 11.3 Å². The topological polar surface area (TPSA) is 64.3 Å². The second kappa shape index (κ2) is 6.21. The Labute approximate surface area is 98.9 Å². The predicted octanol–water partition coefficient (Wildman–Crippen LogP) is 1.99. The Balaban J connectivity index is 3.82. The Morgan fingerprint density at radius 3 is 2.19 bits per heavy atom. The third-order valence-electron chi connectivity index (χ3n) is 2.46. The first-order chi connectivity index (χ1) is 7.16. The van der Waals surface area contributed by atoms with Crippen LogP contribution < -0.4 is 11.3 Å². The second-order valence-corrected chi connectivity index (χ2v) is 5.99. The number of hydrogen-bond donors (Lipinski definition) is 2. The molecule has 0 bridgehead atoms. The van der Waals surface area contributed by atoms with Gasteiger partial charge in [-0.25, -0.2) is 5.84 Å². The average molecular weight is 230 g/mol. The van der Waals surface area contributed by atoms with Gasteiger partial charge in [-0.15, -0.1) is 0 Å². The molecule has 0 aliphatic carbocycles. The smallest absolute Gasteiger partial charge is 0.233 e. The number of hydrazine groups is 1. The molecule has 0 atom stereocenters. The van der Waals surface area contributed by atoms with Crippen LogP contribution in [-0.2, 0) is 9.53 Å². The first kappa shape index (κ1) is 15.4. The highest BCUT2D eigenvalue weighted by atomic mass is 16.5. The normalized spacial score (nSPS) is 12.6. The van der Waals surface area contributed by atoms with E-state index in [1.807, 2.05) is 13.8 Å². The summed E-state index contributed by atoms with van der Waals surface area (Å²) in [5.41, 5.74) is 2.14. The molecule has 0 saturated heterocycles. The minimum Gasteiger partial charge on any atom is -0.376 e. The highest BCUT2D eigenvalue weighted by molar-refractivity contribution is 5.75. The van der Waals surface area contributed by atoms with Crippen LogP contribution in [0.15, 0.2) is 0 Å². The van der Waals surface area contributed by atoms with Crippen molar-refractivity contribution in [1.82, 2.24) is 5.43 Å². The summed E-state index contributed by atoms with van der Waals surface area (Å²) in [5, 5.41) is 0. The fourth-order valence-corrected chi connectivity index (χ4v) is 1.19. The van der Waals surface area contributed by atoms with Crippen LogP contribution in [0, 0.1) is 5.41 Å². The standard InChI is InChI=1S/C12H26N2O2/c1-11(2,3)8-9-16-12(4,5)7-6-10(15)14-13/h6-9,13H2,1-5H3,(H,14,15). The molecular formula is C12H26N2O2. The molecule has 1 amide bonds. The summed E-state index contributed by atoms with van der Waals surface area (Å²) >= 11 is 0. The summed E-state index contributed by atoms with van der Waals surface area (Å²) in [7, 11) is 0. The third-order valence-corrected chi connectivity index (χ3v) is 2.46. The zero-order valence-electron chi connectivity index (χ0n) is 11.2. The van der Waals surface area contributed by atoms with Gasteiger partial charge < -0.3 is 4.74 Å². The number of rotatable bonds is 6. The molecule has 0 rings (SSSR count). The van der Waals surface area contributed by atoms with Crippen molar-refractivity contribution in [1.29, 1.82) is 0 Å². The van der Waals surface area contributed by atoms with Crippen LogP contribution >= 0.6 is 0 Å². The molecule has 0 heterocycles. The molecule has 0 aromatic heterocycles. The van der Waals surface area contributed by atoms with Crippen molar-refractivity contribution in [3.8, 4) is 0 Å². The van der Waals surface area contributed by atoms with Gasteiger partial charge in [-0.2, -0.15) is 0 Å². The van der Waals surface area contributed by atoms with Gasteiger partial charge in [-0.3, -0.25) is 10.2 Å². The first-order valence-electron chi connectivity index (χ1n) is 5.80. The molecular weight excluding hydrogens is 204 g/mol. The number of carbonyl (C=O) groups is 1. The average Bonchev–Trinajstić information content (AvgIpc) is 2.12. The fraction of sp³-hybridized carbons (Fsp3) is 0.917. The van der Waals surface area contributed by atoms with E-state index in [0.29, 0.717) is 12.8 Å². The van der Waals surface area contributed by atoms with Gasteiger partial charge in [0.15, 0.2) is 0 Å². The molecule has 0 unspecified atom stereocenters. The van der Waals surface area contributed by atoms with Gasteiger partial charge in [0, 0.05) is 13.0 Å². The maximum atomic E-state index is 11.0. The van der Waals surface area contributed by atoms with E-state index >= 15 is 0 Å². The lowest BCUT2D eigenvalue weighted by Crippen LogP contribution is -2.33. The van der Waals surface area contributed by atoms with E-state index in [2.05, 4.69) is 26.2 Å². The van der Waals surface area contributed by atoms with Crippen molar-refractivity contribution >= 4 is 5.91 Å². The molecule has 3 N–H and O–H groups in total. The molecule has 0 aliphatic rings. The van der Waals surface area contributed by atoms with Crippen LogP contribution in [0.5, 0.6) is 0 Å². The summed E-state index contributed by atoms with van der Waals surface area (Å²) < 4.78 is 5.78. The summed E-state index contributed by atoms with van der Waals surface area (Å²) in [6.07, 6.45) is 2.10. The van der Waals surface area contributed by atoms with Gasteiger partial charge in [0.2, 0.25) is 5.91 Å². The lowest BCUT2D eigenvalue weighted by molar-refractivity contribution is -0.123. The number of nitrogens with one attached hydrogen (secondary N) is 1. The SMILES string of the molecule is CC(C)(C)CCOC(C)(C)CCC(=O)NN. The second-order valence-electron chi connectivity index (χ2n) is 5.99. The van der Waals surface area contributed by atoms with E-state index in [0.717, 1.165) is 13.0 Å². The molecule has 0 aromatic rings. The molecule has 4 nitrogen and oxygen atoms in total. The molecule has 16 heavy (non-hydrogen) atoms. The van der Waals surface area contributed by atoms with Crippen LogP contribution in [-0.4, -0.2) is 18.1 Å². The summed E-state index contributed by atoms with van der Waals surface area (Å²) in [6.45, 7) is 11.3. The molecule has 0 aliphatic heterocycles. The van der Waals surface area contributed by atoms with Crippen LogP contribution in [0.25, 0.3) is 0 Å². The number of nitrogens with two attached hydrogens (primary N) is 1. The first-order valence-corrected chi connectivity index (χ1v) is 5.80. The summed E-state index contributed by atoms with van der Waals surface area (Å²) in [5.74, 6) is 4.87. The van der Waals surface area contributed by atoms with Crippen LogP contribution in [0.1, 0.15) is 53.9 Å². The van der Waals surface area contributed by atoms with Gasteiger partial charge in [0.25, 0.3) is 0 Å². The molecule has 0 aromatic carbocycles. The third kappa shape index (κ3) is 8.68. The van der Waals surface area contributed by atoms with Crippen LogP contribution in [0.3, 0.4) is 0 Å². The van der Waals surface area contributed by atoms with Gasteiger partial charge in [-0.05, 0) is 32.1 Å². The van der Waals surface area contributed by atoms with Gasteiger partial charge in [-0.1, -0.05) is 20.8 Å². The Bertz CT molecular complexity index is 220. The highest BCUT2D eigenvalue weighted by Gasteiger charge is 2.20. The number of carbonyl (C=O) groups excluding carboxylic acids is 1. The lowest BCUT2D eigenvalue weighted by Gasteiger charge is -2.27. The van der Waals surface area contributed by atoms with Crippen molar-refractivity contribution in [2.75, 3.05) is 6.61 Å². The predicted molar refractivity (Wildman–Crippen MR) is 65.7 cm³/mol. The zero-order chi connectivity index (χ0) is 12.8.